The molecule has 24 heavy (non-hydrogen) atoms. The number of hydrogen-bond acceptors (Lipinski definition) is 2. The molecule has 1 amide bonds. The summed E-state index contributed by atoms with van der Waals surface area (Å²) in [7, 11) is 0. The van der Waals surface area contributed by atoms with Crippen LogP contribution in [0.4, 0.5) is 5.69 Å². The van der Waals surface area contributed by atoms with E-state index in [2.05, 4.69) is 16.7 Å². The second-order valence-electron chi connectivity index (χ2n) is 8.51. The number of fused-ring (bicyclic) bond motifs is 1. The maximum Gasteiger partial charge on any atom is 0.252 e. The first kappa shape index (κ1) is 16.3. The first-order chi connectivity index (χ1) is 11.2. The highest BCUT2D eigenvalue weighted by atomic mass is 35.5. The van der Waals surface area contributed by atoms with Crippen LogP contribution in [0.15, 0.2) is 18.2 Å². The van der Waals surface area contributed by atoms with Gasteiger partial charge in [-0.05, 0) is 86.8 Å². The molecule has 1 heterocycles. The molecular formula is C20H27ClN2O. The van der Waals surface area contributed by atoms with Crippen molar-refractivity contribution >= 4 is 24.0 Å². The number of nitrogens with one attached hydrogen (secondary N) is 2. The van der Waals surface area contributed by atoms with E-state index >= 15 is 0 Å². The highest BCUT2D eigenvalue weighted by Crippen LogP contribution is 2.55. The van der Waals surface area contributed by atoms with Crippen molar-refractivity contribution in [2.75, 3.05) is 11.9 Å². The molecule has 4 bridgehead atoms. The first-order valence-electron chi connectivity index (χ1n) is 9.39. The molecule has 5 aliphatic rings. The van der Waals surface area contributed by atoms with E-state index in [1.165, 1.54) is 44.1 Å². The SMILES string of the molecule is Cl.O=C(NC12CC3CC(CC(C3)C1)C2)c1cccc2c1CCCN2. The Hall–Kier alpha value is -1.22. The van der Waals surface area contributed by atoms with E-state index in [-0.39, 0.29) is 23.9 Å². The molecule has 0 radical (unpaired) electrons. The van der Waals surface area contributed by atoms with Gasteiger partial charge in [0.05, 0.1) is 0 Å². The van der Waals surface area contributed by atoms with Crippen LogP contribution in [0.1, 0.15) is 60.9 Å². The van der Waals surface area contributed by atoms with Gasteiger partial charge in [-0.25, -0.2) is 0 Å². The highest BCUT2D eigenvalue weighted by molar-refractivity contribution is 5.97. The van der Waals surface area contributed by atoms with Gasteiger partial charge in [-0.2, -0.15) is 0 Å². The topological polar surface area (TPSA) is 41.1 Å². The Bertz CT molecular complexity index is 622. The molecule has 2 N–H and O–H groups in total. The molecule has 4 fully saturated rings. The van der Waals surface area contributed by atoms with E-state index in [1.54, 1.807) is 0 Å². The van der Waals surface area contributed by atoms with E-state index in [9.17, 15) is 4.79 Å². The molecule has 3 nitrogen and oxygen atoms in total. The lowest BCUT2D eigenvalue weighted by Gasteiger charge is -2.56. The largest absolute Gasteiger partial charge is 0.385 e. The number of anilines is 1. The zero-order valence-corrected chi connectivity index (χ0v) is 15.0. The lowest BCUT2D eigenvalue weighted by molar-refractivity contribution is -0.0167. The molecule has 0 aromatic heterocycles. The van der Waals surface area contributed by atoms with Crippen molar-refractivity contribution < 1.29 is 4.79 Å². The zero-order chi connectivity index (χ0) is 15.4. The molecular weight excluding hydrogens is 320 g/mol. The van der Waals surface area contributed by atoms with E-state index in [4.69, 9.17) is 0 Å². The molecule has 0 spiro atoms. The highest BCUT2D eigenvalue weighted by Gasteiger charge is 2.51. The van der Waals surface area contributed by atoms with E-state index in [0.29, 0.717) is 0 Å². The lowest BCUT2D eigenvalue weighted by atomic mass is 9.53. The standard InChI is InChI=1S/C20H26N2O.ClH/c23-19(17-3-1-5-18-16(17)4-2-6-21-18)22-20-10-13-7-14(11-20)9-15(8-13)12-20;/h1,3,5,13-15,21H,2,4,6-12H2,(H,22,23);1H. The van der Waals surface area contributed by atoms with E-state index in [1.807, 2.05) is 12.1 Å². The van der Waals surface area contributed by atoms with Gasteiger partial charge in [0.1, 0.15) is 0 Å². The van der Waals surface area contributed by atoms with Gasteiger partial charge in [0.25, 0.3) is 5.91 Å². The van der Waals surface area contributed by atoms with Crippen molar-refractivity contribution in [2.45, 2.75) is 56.9 Å². The number of carbonyl (C=O) groups is 1. The minimum absolute atomic E-state index is 0. The molecule has 1 aliphatic heterocycles. The van der Waals surface area contributed by atoms with Crippen LogP contribution in [0.5, 0.6) is 0 Å². The van der Waals surface area contributed by atoms with Crippen LogP contribution in [0.25, 0.3) is 0 Å². The van der Waals surface area contributed by atoms with Gasteiger partial charge in [-0.1, -0.05) is 6.07 Å². The maximum absolute atomic E-state index is 13.1. The smallest absolute Gasteiger partial charge is 0.252 e. The van der Waals surface area contributed by atoms with Gasteiger partial charge < -0.3 is 10.6 Å². The van der Waals surface area contributed by atoms with Gasteiger partial charge in [0.15, 0.2) is 0 Å². The van der Waals surface area contributed by atoms with Crippen LogP contribution >= 0.6 is 12.4 Å². The third-order valence-electron chi connectivity index (χ3n) is 6.76. The Labute approximate surface area is 150 Å². The van der Waals surface area contributed by atoms with Gasteiger partial charge in [-0.15, -0.1) is 12.4 Å². The fourth-order valence-electron chi connectivity index (χ4n) is 6.29. The van der Waals surface area contributed by atoms with Crippen molar-refractivity contribution in [1.82, 2.24) is 5.32 Å². The van der Waals surface area contributed by atoms with Crippen molar-refractivity contribution in [3.05, 3.63) is 29.3 Å². The van der Waals surface area contributed by atoms with Crippen LogP contribution in [0, 0.1) is 17.8 Å². The molecule has 4 heteroatoms. The molecule has 4 aliphatic carbocycles. The molecule has 0 unspecified atom stereocenters. The van der Waals surface area contributed by atoms with E-state index < -0.39 is 0 Å². The average molecular weight is 347 g/mol. The summed E-state index contributed by atoms with van der Waals surface area (Å²) in [5.41, 5.74) is 3.40. The van der Waals surface area contributed by atoms with Gasteiger partial charge >= 0.3 is 0 Å². The Morgan fingerprint density at radius 1 is 1.08 bits per heavy atom. The van der Waals surface area contributed by atoms with Gasteiger partial charge in [0.2, 0.25) is 0 Å². The fraction of sp³-hybridized carbons (Fsp3) is 0.650. The summed E-state index contributed by atoms with van der Waals surface area (Å²) in [4.78, 5) is 13.1. The van der Waals surface area contributed by atoms with Crippen molar-refractivity contribution in [1.29, 1.82) is 0 Å². The summed E-state index contributed by atoms with van der Waals surface area (Å²) in [5.74, 6) is 2.78. The van der Waals surface area contributed by atoms with Crippen molar-refractivity contribution in [2.24, 2.45) is 17.8 Å². The summed E-state index contributed by atoms with van der Waals surface area (Å²) < 4.78 is 0. The number of halogens is 1. The quantitative estimate of drug-likeness (QED) is 0.844. The van der Waals surface area contributed by atoms with Crippen LogP contribution in [-0.2, 0) is 6.42 Å². The summed E-state index contributed by atoms with van der Waals surface area (Å²) in [5, 5.41) is 6.96. The summed E-state index contributed by atoms with van der Waals surface area (Å²) in [6, 6.07) is 6.14. The molecule has 4 saturated carbocycles. The Morgan fingerprint density at radius 2 is 1.75 bits per heavy atom. The number of hydrogen-bond donors (Lipinski definition) is 2. The number of amides is 1. The predicted molar refractivity (Wildman–Crippen MR) is 98.9 cm³/mol. The van der Waals surface area contributed by atoms with Crippen LogP contribution < -0.4 is 10.6 Å². The molecule has 1 aromatic carbocycles. The monoisotopic (exact) mass is 346 g/mol. The minimum Gasteiger partial charge on any atom is -0.385 e. The second kappa shape index (κ2) is 5.94. The average Bonchev–Trinajstić information content (AvgIpc) is 2.52. The maximum atomic E-state index is 13.1. The van der Waals surface area contributed by atoms with Gasteiger partial charge in [0, 0.05) is 23.3 Å². The minimum atomic E-state index is 0. The summed E-state index contributed by atoms with van der Waals surface area (Å²) >= 11 is 0. The van der Waals surface area contributed by atoms with Crippen LogP contribution in [0.3, 0.4) is 0 Å². The number of rotatable bonds is 2. The van der Waals surface area contributed by atoms with Crippen LogP contribution in [-0.4, -0.2) is 18.0 Å². The van der Waals surface area contributed by atoms with Crippen molar-refractivity contribution in [3.8, 4) is 0 Å². The summed E-state index contributed by atoms with van der Waals surface area (Å²) in [6.07, 6.45) is 10.1. The predicted octanol–water partition coefficient (Wildman–Crippen LogP) is 4.17. The Kier molecular flexibility index (Phi) is 4.03. The molecule has 6 rings (SSSR count). The summed E-state index contributed by atoms with van der Waals surface area (Å²) in [6.45, 7) is 1.02. The lowest BCUT2D eigenvalue weighted by Crippen LogP contribution is -2.59. The van der Waals surface area contributed by atoms with Gasteiger partial charge in [-0.3, -0.25) is 4.79 Å². The molecule has 1 aromatic rings. The number of carbonyl (C=O) groups excluding carboxylic acids is 1. The normalized spacial score (nSPS) is 35.6. The first-order valence-corrected chi connectivity index (χ1v) is 9.39. The van der Waals surface area contributed by atoms with E-state index in [0.717, 1.165) is 48.4 Å². The Balaban J connectivity index is 0.00000146. The van der Waals surface area contributed by atoms with Crippen LogP contribution in [0.2, 0.25) is 0 Å². The number of benzene rings is 1. The third kappa shape index (κ3) is 2.61. The molecule has 0 atom stereocenters. The molecule has 130 valence electrons. The van der Waals surface area contributed by atoms with Crippen molar-refractivity contribution in [3.63, 3.8) is 0 Å². The second-order valence-corrected chi connectivity index (χ2v) is 8.51. The zero-order valence-electron chi connectivity index (χ0n) is 14.1. The Morgan fingerprint density at radius 3 is 2.42 bits per heavy atom. The fourth-order valence-corrected chi connectivity index (χ4v) is 6.29. The molecule has 0 saturated heterocycles. The third-order valence-corrected chi connectivity index (χ3v) is 6.76.